The molecule has 0 aliphatic carbocycles. The lowest BCUT2D eigenvalue weighted by molar-refractivity contribution is 0.129. The van der Waals surface area contributed by atoms with Crippen LogP contribution in [0.2, 0.25) is 0 Å². The molecule has 0 saturated carbocycles. The Morgan fingerprint density at radius 3 is 2.53 bits per heavy atom. The molecule has 1 rings (SSSR count). The first-order chi connectivity index (χ1) is 7.26. The highest BCUT2D eigenvalue weighted by Gasteiger charge is 1.98. The average Bonchev–Trinajstić information content (AvgIpc) is 2.28. The van der Waals surface area contributed by atoms with Gasteiger partial charge in [-0.25, -0.2) is 0 Å². The number of benzene rings is 1. The average molecular weight is 228 g/mol. The fourth-order valence-corrected chi connectivity index (χ4v) is 1.46. The standard InChI is InChI=1S/C12H18ClNO/c1-10(15-2)9-14-12-5-3-11(4-6-12)7-8-13/h3-6,10,14H,7-9H2,1-2H3. The highest BCUT2D eigenvalue weighted by Crippen LogP contribution is 2.10. The SMILES string of the molecule is COC(C)CNc1ccc(CCCl)cc1. The first-order valence-electron chi connectivity index (χ1n) is 5.18. The quantitative estimate of drug-likeness (QED) is 0.755. The van der Waals surface area contributed by atoms with Gasteiger partial charge in [-0.15, -0.1) is 11.6 Å². The first-order valence-corrected chi connectivity index (χ1v) is 5.71. The summed E-state index contributed by atoms with van der Waals surface area (Å²) >= 11 is 5.67. The monoisotopic (exact) mass is 227 g/mol. The lowest BCUT2D eigenvalue weighted by Crippen LogP contribution is -2.17. The molecule has 0 aliphatic heterocycles. The van der Waals surface area contributed by atoms with E-state index in [4.69, 9.17) is 16.3 Å². The summed E-state index contributed by atoms with van der Waals surface area (Å²) in [6.07, 6.45) is 1.16. The summed E-state index contributed by atoms with van der Waals surface area (Å²) in [5.74, 6) is 0.674. The summed E-state index contributed by atoms with van der Waals surface area (Å²) in [5.41, 5.74) is 2.40. The molecular formula is C12H18ClNO. The number of alkyl halides is 1. The van der Waals surface area contributed by atoms with Gasteiger partial charge >= 0.3 is 0 Å². The molecule has 0 bridgehead atoms. The summed E-state index contributed by atoms with van der Waals surface area (Å²) in [4.78, 5) is 0. The number of anilines is 1. The van der Waals surface area contributed by atoms with Crippen molar-refractivity contribution in [1.82, 2.24) is 0 Å². The third kappa shape index (κ3) is 4.54. The predicted molar refractivity (Wildman–Crippen MR) is 65.8 cm³/mol. The van der Waals surface area contributed by atoms with Crippen molar-refractivity contribution in [2.45, 2.75) is 19.4 Å². The molecule has 3 heteroatoms. The van der Waals surface area contributed by atoms with E-state index in [1.54, 1.807) is 7.11 Å². The zero-order chi connectivity index (χ0) is 11.1. The van der Waals surface area contributed by atoms with Gasteiger partial charge in [-0.1, -0.05) is 12.1 Å². The number of hydrogen-bond acceptors (Lipinski definition) is 2. The summed E-state index contributed by atoms with van der Waals surface area (Å²) in [6, 6.07) is 8.35. The van der Waals surface area contributed by atoms with Gasteiger partial charge in [0, 0.05) is 25.2 Å². The summed E-state index contributed by atoms with van der Waals surface area (Å²) < 4.78 is 5.15. The van der Waals surface area contributed by atoms with Gasteiger partial charge in [-0.2, -0.15) is 0 Å². The predicted octanol–water partition coefficient (Wildman–Crippen LogP) is 2.91. The van der Waals surface area contributed by atoms with E-state index >= 15 is 0 Å². The van der Waals surface area contributed by atoms with E-state index < -0.39 is 0 Å². The van der Waals surface area contributed by atoms with E-state index in [2.05, 4.69) is 29.6 Å². The Labute approximate surface area is 96.6 Å². The minimum absolute atomic E-state index is 0.229. The molecule has 0 heterocycles. The third-order valence-electron chi connectivity index (χ3n) is 2.33. The molecule has 0 aliphatic rings. The Balaban J connectivity index is 2.42. The number of rotatable bonds is 6. The summed E-state index contributed by atoms with van der Waals surface area (Å²) in [5, 5.41) is 3.31. The van der Waals surface area contributed by atoms with E-state index in [9.17, 15) is 0 Å². The molecule has 0 saturated heterocycles. The van der Waals surface area contributed by atoms with E-state index in [-0.39, 0.29) is 6.10 Å². The highest BCUT2D eigenvalue weighted by molar-refractivity contribution is 6.17. The van der Waals surface area contributed by atoms with Crippen molar-refractivity contribution in [3.05, 3.63) is 29.8 Å². The minimum Gasteiger partial charge on any atom is -0.382 e. The third-order valence-corrected chi connectivity index (χ3v) is 2.52. The fourth-order valence-electron chi connectivity index (χ4n) is 1.24. The minimum atomic E-state index is 0.229. The van der Waals surface area contributed by atoms with Crippen molar-refractivity contribution in [3.63, 3.8) is 0 Å². The van der Waals surface area contributed by atoms with Gasteiger partial charge in [0.05, 0.1) is 6.10 Å². The lowest BCUT2D eigenvalue weighted by atomic mass is 10.1. The maximum atomic E-state index is 5.67. The molecular weight excluding hydrogens is 210 g/mol. The van der Waals surface area contributed by atoms with Crippen LogP contribution in [-0.2, 0) is 11.2 Å². The Hall–Kier alpha value is -0.730. The first kappa shape index (κ1) is 12.3. The molecule has 0 aromatic heterocycles. The van der Waals surface area contributed by atoms with Gasteiger partial charge in [-0.05, 0) is 31.0 Å². The summed E-state index contributed by atoms with van der Waals surface area (Å²) in [7, 11) is 1.72. The van der Waals surface area contributed by atoms with Crippen LogP contribution in [0.1, 0.15) is 12.5 Å². The van der Waals surface area contributed by atoms with Crippen molar-refractivity contribution in [2.24, 2.45) is 0 Å². The van der Waals surface area contributed by atoms with E-state index in [1.165, 1.54) is 5.56 Å². The Morgan fingerprint density at radius 2 is 2.00 bits per heavy atom. The largest absolute Gasteiger partial charge is 0.382 e. The second kappa shape index (κ2) is 6.70. The molecule has 0 fully saturated rings. The molecule has 0 amide bonds. The van der Waals surface area contributed by atoms with Crippen LogP contribution < -0.4 is 5.32 Å². The Bertz CT molecular complexity index is 273. The van der Waals surface area contributed by atoms with Crippen LogP contribution in [0.5, 0.6) is 0 Å². The summed E-state index contributed by atoms with van der Waals surface area (Å²) in [6.45, 7) is 2.86. The van der Waals surface area contributed by atoms with Crippen LogP contribution in [0.4, 0.5) is 5.69 Å². The van der Waals surface area contributed by atoms with Gasteiger partial charge in [-0.3, -0.25) is 0 Å². The van der Waals surface area contributed by atoms with Crippen molar-refractivity contribution in [2.75, 3.05) is 24.9 Å². The van der Waals surface area contributed by atoms with Crippen LogP contribution >= 0.6 is 11.6 Å². The number of nitrogens with one attached hydrogen (secondary N) is 1. The Morgan fingerprint density at radius 1 is 1.33 bits per heavy atom. The lowest BCUT2D eigenvalue weighted by Gasteiger charge is -2.12. The molecule has 15 heavy (non-hydrogen) atoms. The fraction of sp³-hybridized carbons (Fsp3) is 0.500. The normalized spacial score (nSPS) is 12.5. The van der Waals surface area contributed by atoms with Gasteiger partial charge in [0.1, 0.15) is 0 Å². The molecule has 0 spiro atoms. The van der Waals surface area contributed by atoms with Crippen molar-refractivity contribution >= 4 is 17.3 Å². The number of methoxy groups -OCH3 is 1. The van der Waals surface area contributed by atoms with Gasteiger partial charge in [0.15, 0.2) is 0 Å². The molecule has 1 atom stereocenters. The van der Waals surface area contributed by atoms with Crippen LogP contribution in [0.15, 0.2) is 24.3 Å². The second-order valence-corrected chi connectivity index (χ2v) is 3.94. The van der Waals surface area contributed by atoms with Crippen LogP contribution in [-0.4, -0.2) is 25.6 Å². The second-order valence-electron chi connectivity index (χ2n) is 3.56. The molecule has 1 aromatic carbocycles. The smallest absolute Gasteiger partial charge is 0.0715 e. The van der Waals surface area contributed by atoms with E-state index in [1.807, 2.05) is 6.92 Å². The topological polar surface area (TPSA) is 21.3 Å². The maximum Gasteiger partial charge on any atom is 0.0715 e. The van der Waals surface area contributed by atoms with Crippen LogP contribution in [0, 0.1) is 0 Å². The number of halogens is 1. The van der Waals surface area contributed by atoms with Crippen molar-refractivity contribution in [1.29, 1.82) is 0 Å². The molecule has 1 aromatic rings. The highest BCUT2D eigenvalue weighted by atomic mass is 35.5. The molecule has 2 nitrogen and oxygen atoms in total. The van der Waals surface area contributed by atoms with E-state index in [0.717, 1.165) is 18.7 Å². The van der Waals surface area contributed by atoms with E-state index in [0.29, 0.717) is 5.88 Å². The van der Waals surface area contributed by atoms with Gasteiger partial charge in [0.25, 0.3) is 0 Å². The number of hydrogen-bond donors (Lipinski definition) is 1. The number of ether oxygens (including phenoxy) is 1. The maximum absolute atomic E-state index is 5.67. The van der Waals surface area contributed by atoms with Gasteiger partial charge in [0.2, 0.25) is 0 Å². The molecule has 0 radical (unpaired) electrons. The zero-order valence-electron chi connectivity index (χ0n) is 9.29. The molecule has 1 unspecified atom stereocenters. The van der Waals surface area contributed by atoms with Gasteiger partial charge < -0.3 is 10.1 Å². The van der Waals surface area contributed by atoms with Crippen molar-refractivity contribution < 1.29 is 4.74 Å². The zero-order valence-corrected chi connectivity index (χ0v) is 10.1. The molecule has 1 N–H and O–H groups in total. The molecule has 84 valence electrons. The Kier molecular flexibility index (Phi) is 5.51. The number of aryl methyl sites for hydroxylation is 1. The van der Waals surface area contributed by atoms with Crippen LogP contribution in [0.3, 0.4) is 0 Å². The van der Waals surface area contributed by atoms with Crippen molar-refractivity contribution in [3.8, 4) is 0 Å². The van der Waals surface area contributed by atoms with Crippen LogP contribution in [0.25, 0.3) is 0 Å².